The molecule has 4 aliphatic rings. The van der Waals surface area contributed by atoms with Crippen LogP contribution in [0.4, 0.5) is 13.2 Å². The summed E-state index contributed by atoms with van der Waals surface area (Å²) < 4.78 is 64.0. The summed E-state index contributed by atoms with van der Waals surface area (Å²) in [5.74, 6) is 4.23. The molecule has 0 aromatic heterocycles. The van der Waals surface area contributed by atoms with Crippen molar-refractivity contribution in [2.45, 2.75) is 136 Å². The second kappa shape index (κ2) is 21.8. The Balaban J connectivity index is 0.000000179. The second-order valence-corrected chi connectivity index (χ2v) is 21.5. The summed E-state index contributed by atoms with van der Waals surface area (Å²) in [7, 11) is 0. The van der Waals surface area contributed by atoms with Crippen molar-refractivity contribution >= 4 is 21.5 Å². The van der Waals surface area contributed by atoms with Crippen LogP contribution >= 0.6 is 0 Å². The van der Waals surface area contributed by atoms with Gasteiger partial charge in [-0.15, -0.1) is 0 Å². The van der Waals surface area contributed by atoms with Crippen molar-refractivity contribution in [3.8, 4) is 39.5 Å². The van der Waals surface area contributed by atoms with E-state index in [4.69, 9.17) is 14.2 Å². The molecule has 0 amide bonds. The Bertz CT molecular complexity index is 2570. The van der Waals surface area contributed by atoms with Gasteiger partial charge in [0, 0.05) is 11.1 Å². The van der Waals surface area contributed by atoms with Gasteiger partial charge in [-0.25, -0.2) is 13.2 Å². The number of hydrogen-bond donors (Lipinski definition) is 0. The fraction of sp³-hybridized carbons (Fsp3) is 0.460. The van der Waals surface area contributed by atoms with Gasteiger partial charge < -0.3 is 14.2 Å². The zero-order chi connectivity index (χ0) is 48.1. The highest BCUT2D eigenvalue weighted by atomic mass is 19.1. The Morgan fingerprint density at radius 2 is 1.14 bits per heavy atom. The van der Waals surface area contributed by atoms with Crippen molar-refractivity contribution in [2.24, 2.45) is 35.5 Å². The first-order valence-electron chi connectivity index (χ1n) is 26.4. The highest BCUT2D eigenvalue weighted by Gasteiger charge is 2.45. The largest absolute Gasteiger partial charge is 0.489 e. The van der Waals surface area contributed by atoms with Gasteiger partial charge in [-0.2, -0.15) is 0 Å². The van der Waals surface area contributed by atoms with Crippen molar-refractivity contribution in [2.75, 3.05) is 13.2 Å². The summed E-state index contributed by atoms with van der Waals surface area (Å²) in [6, 6.07) is 35.9. The minimum Gasteiger partial charge on any atom is -0.489 e. The van der Waals surface area contributed by atoms with Crippen LogP contribution in [-0.2, 0) is 0 Å². The summed E-state index contributed by atoms with van der Waals surface area (Å²) in [6.45, 7) is 10.4. The van der Waals surface area contributed by atoms with E-state index in [1.807, 2.05) is 24.3 Å². The van der Waals surface area contributed by atoms with E-state index in [0.717, 1.165) is 93.2 Å². The van der Waals surface area contributed by atoms with Crippen LogP contribution in [0.2, 0.25) is 0 Å². The van der Waals surface area contributed by atoms with Crippen molar-refractivity contribution in [1.82, 2.24) is 0 Å². The summed E-state index contributed by atoms with van der Waals surface area (Å²) in [4.78, 5) is 0. The zero-order valence-corrected chi connectivity index (χ0v) is 41.6. The molecule has 6 aromatic rings. The highest BCUT2D eigenvalue weighted by Crippen LogP contribution is 2.50. The molecule has 0 radical (unpaired) electrons. The monoisotopic (exact) mass is 935 g/mol. The van der Waals surface area contributed by atoms with Gasteiger partial charge in [0.2, 0.25) is 0 Å². The molecule has 6 heteroatoms. The molecule has 1 unspecified atom stereocenters. The van der Waals surface area contributed by atoms with Crippen LogP contribution in [0.3, 0.4) is 0 Å². The molecule has 3 nitrogen and oxygen atoms in total. The Morgan fingerprint density at radius 3 is 1.67 bits per heavy atom. The molecule has 0 N–H and O–H groups in total. The lowest BCUT2D eigenvalue weighted by molar-refractivity contribution is -0.0342. The van der Waals surface area contributed by atoms with E-state index in [1.165, 1.54) is 75.5 Å². The van der Waals surface area contributed by atoms with Gasteiger partial charge >= 0.3 is 0 Å². The summed E-state index contributed by atoms with van der Waals surface area (Å²) >= 11 is 0. The number of fused-ring (bicyclic) bond motifs is 7. The van der Waals surface area contributed by atoms with Gasteiger partial charge in [0.1, 0.15) is 24.7 Å². The van der Waals surface area contributed by atoms with Crippen molar-refractivity contribution in [3.63, 3.8) is 0 Å². The fourth-order valence-electron chi connectivity index (χ4n) is 11.9. The van der Waals surface area contributed by atoms with Crippen LogP contribution in [0, 0.1) is 47.1 Å². The lowest BCUT2D eigenvalue weighted by Crippen LogP contribution is -2.46. The second-order valence-electron chi connectivity index (χ2n) is 21.5. The predicted molar refractivity (Wildman–Crippen MR) is 279 cm³/mol. The van der Waals surface area contributed by atoms with Gasteiger partial charge in [0.25, 0.3) is 0 Å². The Hall–Kier alpha value is -5.23. The maximum Gasteiger partial charge on any atom is 0.191 e. The molecule has 3 fully saturated rings. The van der Waals surface area contributed by atoms with Crippen LogP contribution in [0.25, 0.3) is 43.8 Å². The first-order valence-corrected chi connectivity index (χ1v) is 26.4. The number of alkyl halides is 1. The van der Waals surface area contributed by atoms with E-state index in [9.17, 15) is 8.78 Å². The van der Waals surface area contributed by atoms with E-state index in [-0.39, 0.29) is 31.0 Å². The van der Waals surface area contributed by atoms with Gasteiger partial charge in [-0.3, -0.25) is 0 Å². The molecule has 3 aliphatic carbocycles. The van der Waals surface area contributed by atoms with Gasteiger partial charge in [-0.05, 0) is 182 Å². The lowest BCUT2D eigenvalue weighted by Gasteiger charge is -2.41. The van der Waals surface area contributed by atoms with Crippen molar-refractivity contribution in [3.05, 3.63) is 139 Å². The first-order chi connectivity index (χ1) is 33.5. The minimum atomic E-state index is -1.53. The molecule has 10 rings (SSSR count). The SMILES string of the molecule is CC1CCC(C2CCC(C3(F)COc4ccc5ccccc5c4-c4c(ccc5ccccc45)OC3)CC2)CC1.CCC(C)/C=C/C1CCC(c2ccc(-c3cc(F)c(OC(C)C)c(F)c3)cc2)CC1. The number of hydrogen-bond acceptors (Lipinski definition) is 3. The van der Waals surface area contributed by atoms with Crippen molar-refractivity contribution < 1.29 is 27.4 Å². The van der Waals surface area contributed by atoms with Gasteiger partial charge in [0.05, 0.1) is 6.10 Å². The maximum absolute atomic E-state index is 17.1. The maximum atomic E-state index is 17.1. The third kappa shape index (κ3) is 11.2. The van der Waals surface area contributed by atoms with E-state index < -0.39 is 17.3 Å². The molecule has 0 bridgehead atoms. The molecule has 6 aromatic carbocycles. The molecule has 0 saturated heterocycles. The Kier molecular flexibility index (Phi) is 15.4. The average molecular weight is 935 g/mol. The average Bonchev–Trinajstić information content (AvgIpc) is 3.44. The summed E-state index contributed by atoms with van der Waals surface area (Å²) in [5.41, 5.74) is 3.15. The number of halogens is 3. The normalized spacial score (nSPS) is 24.1. The van der Waals surface area contributed by atoms with Crippen LogP contribution in [0.15, 0.2) is 121 Å². The van der Waals surface area contributed by atoms with Gasteiger partial charge in [0.15, 0.2) is 23.1 Å². The quantitative estimate of drug-likeness (QED) is 0.135. The fourth-order valence-corrected chi connectivity index (χ4v) is 11.9. The molecule has 1 heterocycles. The molecule has 364 valence electrons. The predicted octanol–water partition coefficient (Wildman–Crippen LogP) is 18.1. The van der Waals surface area contributed by atoms with Crippen LogP contribution in [0.1, 0.15) is 130 Å². The minimum absolute atomic E-state index is 0.0283. The number of rotatable bonds is 9. The van der Waals surface area contributed by atoms with Crippen LogP contribution < -0.4 is 14.2 Å². The first kappa shape index (κ1) is 48.8. The molecular weight excluding hydrogens is 862 g/mol. The Labute approximate surface area is 409 Å². The third-order valence-electron chi connectivity index (χ3n) is 16.4. The van der Waals surface area contributed by atoms with E-state index in [1.54, 1.807) is 13.8 Å². The number of allylic oxidation sites excluding steroid dienone is 2. The van der Waals surface area contributed by atoms with E-state index in [0.29, 0.717) is 23.3 Å². The standard InChI is InChI=1S/C36H39FO2.C27H34F2O/c1-24-10-12-25(13-11-24)26-14-18-29(19-15-26)36(37)22-38-32-20-16-27-6-2-4-8-30(27)34(32)35-31-9-5-3-7-28(31)17-21-33(35)39-23-36;1-5-19(4)6-7-20-8-10-21(11-9-20)22-12-14-23(15-13-22)24-16-25(28)27(26(29)17-24)30-18(2)3/h2-9,16-17,20-21,24-26,29H,10-15,18-19,22-23H2,1H3;6-7,12-21H,5,8-11H2,1-4H3/b;7-6+. The highest BCUT2D eigenvalue weighted by molar-refractivity contribution is 6.09. The topological polar surface area (TPSA) is 27.7 Å². The van der Waals surface area contributed by atoms with Gasteiger partial charge in [-0.1, -0.05) is 137 Å². The number of benzene rings is 6. The van der Waals surface area contributed by atoms with Crippen LogP contribution in [-0.4, -0.2) is 25.0 Å². The molecule has 3 saturated carbocycles. The smallest absolute Gasteiger partial charge is 0.191 e. The molecular formula is C63H73F3O3. The summed E-state index contributed by atoms with van der Waals surface area (Å²) in [6.07, 6.45) is 20.1. The summed E-state index contributed by atoms with van der Waals surface area (Å²) in [5, 5.41) is 4.48. The lowest BCUT2D eigenvalue weighted by atomic mass is 9.67. The van der Waals surface area contributed by atoms with E-state index in [2.05, 4.69) is 106 Å². The number of ether oxygens (including phenoxy) is 3. The van der Waals surface area contributed by atoms with Crippen molar-refractivity contribution in [1.29, 1.82) is 0 Å². The third-order valence-corrected chi connectivity index (χ3v) is 16.4. The molecule has 69 heavy (non-hydrogen) atoms. The van der Waals surface area contributed by atoms with Crippen LogP contribution in [0.5, 0.6) is 17.2 Å². The zero-order valence-electron chi connectivity index (χ0n) is 41.6. The van der Waals surface area contributed by atoms with E-state index >= 15 is 4.39 Å². The molecule has 1 atom stereocenters. The molecule has 0 spiro atoms. The molecule has 1 aliphatic heterocycles. The Morgan fingerprint density at radius 1 is 0.623 bits per heavy atom.